The van der Waals surface area contributed by atoms with Crippen LogP contribution in [0.4, 0.5) is 18.9 Å². The molecule has 0 spiro atoms. The molecule has 2 amide bonds. The fourth-order valence-electron chi connectivity index (χ4n) is 6.22. The Kier molecular flexibility index (Phi) is 10.8. The molecule has 0 aliphatic carbocycles. The lowest BCUT2D eigenvalue weighted by Crippen LogP contribution is -2.59. The van der Waals surface area contributed by atoms with Crippen molar-refractivity contribution in [3.05, 3.63) is 148 Å². The smallest absolute Gasteiger partial charge is 0.367 e. The monoisotopic (exact) mass is 694 g/mol. The first-order valence-corrected chi connectivity index (χ1v) is 17.4. The SMILES string of the molecule is C[C@H]1CN(c2ccsc2)CCN1C(=O)C(Cc1ccccc1)N(Cc1ccc(-c2ccccn2)cc1)C(=O)C=Cc1ccc(C(F)(F)F)cc1. The number of amides is 2. The lowest BCUT2D eigenvalue weighted by Gasteiger charge is -2.43. The summed E-state index contributed by atoms with van der Waals surface area (Å²) in [5.41, 5.74) is 4.28. The van der Waals surface area contributed by atoms with Gasteiger partial charge in [0.1, 0.15) is 6.04 Å². The third-order valence-corrected chi connectivity index (χ3v) is 9.59. The van der Waals surface area contributed by atoms with Gasteiger partial charge in [-0.15, -0.1) is 0 Å². The van der Waals surface area contributed by atoms with E-state index in [0.29, 0.717) is 31.6 Å². The van der Waals surface area contributed by atoms with Crippen molar-refractivity contribution < 1.29 is 22.8 Å². The van der Waals surface area contributed by atoms with E-state index in [-0.39, 0.29) is 18.5 Å². The zero-order valence-corrected chi connectivity index (χ0v) is 28.4. The lowest BCUT2D eigenvalue weighted by atomic mass is 10.00. The van der Waals surface area contributed by atoms with Crippen LogP contribution in [0.5, 0.6) is 0 Å². The number of aromatic nitrogens is 1. The van der Waals surface area contributed by atoms with Gasteiger partial charge in [-0.25, -0.2) is 0 Å². The zero-order valence-electron chi connectivity index (χ0n) is 27.5. The zero-order chi connectivity index (χ0) is 35.1. The molecular weight excluding hydrogens is 658 g/mol. The number of thiophene rings is 1. The number of rotatable bonds is 10. The average Bonchev–Trinajstić information content (AvgIpc) is 3.68. The van der Waals surface area contributed by atoms with Crippen molar-refractivity contribution in [3.63, 3.8) is 0 Å². The van der Waals surface area contributed by atoms with Gasteiger partial charge < -0.3 is 14.7 Å². The molecule has 0 radical (unpaired) electrons. The van der Waals surface area contributed by atoms with Gasteiger partial charge in [-0.2, -0.15) is 24.5 Å². The summed E-state index contributed by atoms with van der Waals surface area (Å²) < 4.78 is 39.5. The van der Waals surface area contributed by atoms with E-state index in [0.717, 1.165) is 40.2 Å². The summed E-state index contributed by atoms with van der Waals surface area (Å²) in [4.78, 5) is 39.0. The number of carbonyl (C=O) groups excluding carboxylic acids is 2. The van der Waals surface area contributed by atoms with Crippen LogP contribution in [0.25, 0.3) is 17.3 Å². The van der Waals surface area contributed by atoms with Gasteiger partial charge in [0.05, 0.1) is 11.3 Å². The van der Waals surface area contributed by atoms with E-state index < -0.39 is 23.7 Å². The van der Waals surface area contributed by atoms with Crippen LogP contribution in [0.3, 0.4) is 0 Å². The fourth-order valence-corrected chi connectivity index (χ4v) is 6.88. The molecule has 0 N–H and O–H groups in total. The van der Waals surface area contributed by atoms with Gasteiger partial charge in [0, 0.05) is 67.5 Å². The molecule has 1 aliphatic rings. The summed E-state index contributed by atoms with van der Waals surface area (Å²) in [6, 6.07) is 28.8. The molecule has 1 saturated heterocycles. The predicted molar refractivity (Wildman–Crippen MR) is 192 cm³/mol. The molecule has 3 aromatic carbocycles. The highest BCUT2D eigenvalue weighted by Gasteiger charge is 2.37. The summed E-state index contributed by atoms with van der Waals surface area (Å²) in [6.45, 7) is 4.01. The minimum absolute atomic E-state index is 0.105. The Morgan fingerprint density at radius 1 is 0.920 bits per heavy atom. The van der Waals surface area contributed by atoms with Crippen molar-refractivity contribution in [1.29, 1.82) is 0 Å². The van der Waals surface area contributed by atoms with Gasteiger partial charge in [0.25, 0.3) is 0 Å². The Hall–Kier alpha value is -5.22. The van der Waals surface area contributed by atoms with Crippen molar-refractivity contribution in [2.45, 2.75) is 38.1 Å². The van der Waals surface area contributed by atoms with Crippen molar-refractivity contribution in [2.24, 2.45) is 0 Å². The molecule has 1 fully saturated rings. The van der Waals surface area contributed by atoms with Crippen LogP contribution < -0.4 is 4.90 Å². The van der Waals surface area contributed by atoms with E-state index in [1.165, 1.54) is 24.3 Å². The Labute approximate surface area is 294 Å². The summed E-state index contributed by atoms with van der Waals surface area (Å²) in [5.74, 6) is -0.565. The van der Waals surface area contributed by atoms with Crippen molar-refractivity contribution in [2.75, 3.05) is 24.5 Å². The highest BCUT2D eigenvalue weighted by Crippen LogP contribution is 2.30. The molecule has 1 unspecified atom stereocenters. The molecule has 1 aliphatic heterocycles. The van der Waals surface area contributed by atoms with Gasteiger partial charge >= 0.3 is 6.18 Å². The minimum Gasteiger partial charge on any atom is -0.367 e. The van der Waals surface area contributed by atoms with Crippen molar-refractivity contribution >= 4 is 34.9 Å². The molecule has 0 bridgehead atoms. The molecule has 2 atom stereocenters. The van der Waals surface area contributed by atoms with E-state index in [9.17, 15) is 22.8 Å². The first-order valence-electron chi connectivity index (χ1n) is 16.4. The van der Waals surface area contributed by atoms with Gasteiger partial charge in [-0.05, 0) is 65.4 Å². The first-order chi connectivity index (χ1) is 24.2. The van der Waals surface area contributed by atoms with Crippen LogP contribution in [-0.4, -0.2) is 58.3 Å². The quantitative estimate of drug-likeness (QED) is 0.138. The Balaban J connectivity index is 1.32. The second kappa shape index (κ2) is 15.6. The highest BCUT2D eigenvalue weighted by molar-refractivity contribution is 7.08. The van der Waals surface area contributed by atoms with Crippen molar-refractivity contribution in [3.8, 4) is 11.3 Å². The predicted octanol–water partition coefficient (Wildman–Crippen LogP) is 8.22. The lowest BCUT2D eigenvalue weighted by molar-refractivity contribution is -0.146. The van der Waals surface area contributed by atoms with Gasteiger partial charge in [0.2, 0.25) is 11.8 Å². The molecule has 6 rings (SSSR count). The molecule has 256 valence electrons. The van der Waals surface area contributed by atoms with E-state index in [2.05, 4.69) is 21.3 Å². The second-order valence-electron chi connectivity index (χ2n) is 12.3. The fraction of sp³-hybridized carbons (Fsp3) is 0.225. The summed E-state index contributed by atoms with van der Waals surface area (Å²) in [6.07, 6.45) is 0.398. The number of piperazine rings is 1. The Morgan fingerprint density at radius 2 is 1.66 bits per heavy atom. The molecule has 0 saturated carbocycles. The minimum atomic E-state index is -4.46. The van der Waals surface area contributed by atoms with Crippen LogP contribution in [-0.2, 0) is 28.7 Å². The standard InChI is InChI=1S/C40H37F3N4O2S/c1-29-26-45(35-20-24-50-28-35)22-23-46(29)39(49)37(25-31-7-3-2-4-8-31)47(27-32-10-15-33(16-11-32)36-9-5-6-21-44-36)38(48)19-14-30-12-17-34(18-13-30)40(41,42)43/h2-21,24,28-29,37H,22-23,25-27H2,1H3/t29-,37?/m0/s1. The summed E-state index contributed by atoms with van der Waals surface area (Å²) >= 11 is 1.63. The Morgan fingerprint density at radius 3 is 2.30 bits per heavy atom. The van der Waals surface area contributed by atoms with Crippen LogP contribution in [0.15, 0.2) is 126 Å². The van der Waals surface area contributed by atoms with Crippen LogP contribution >= 0.6 is 11.3 Å². The number of pyridine rings is 1. The molecular formula is C40H37F3N4O2S. The first kappa shape index (κ1) is 34.6. The summed E-state index contributed by atoms with van der Waals surface area (Å²) in [7, 11) is 0. The van der Waals surface area contributed by atoms with Crippen LogP contribution in [0, 0.1) is 0 Å². The van der Waals surface area contributed by atoms with Gasteiger partial charge in [-0.3, -0.25) is 14.6 Å². The van der Waals surface area contributed by atoms with Gasteiger partial charge in [0.15, 0.2) is 0 Å². The molecule has 10 heteroatoms. The average molecular weight is 695 g/mol. The van der Waals surface area contributed by atoms with Gasteiger partial charge in [-0.1, -0.05) is 72.8 Å². The number of alkyl halides is 3. The van der Waals surface area contributed by atoms with E-state index in [1.807, 2.05) is 90.0 Å². The maximum Gasteiger partial charge on any atom is 0.416 e. The number of benzene rings is 3. The number of anilines is 1. The summed E-state index contributed by atoms with van der Waals surface area (Å²) in [5, 5.41) is 4.14. The molecule has 6 nitrogen and oxygen atoms in total. The van der Waals surface area contributed by atoms with Crippen LogP contribution in [0.1, 0.15) is 29.2 Å². The molecule has 2 aromatic heterocycles. The number of carbonyl (C=O) groups is 2. The van der Waals surface area contributed by atoms with E-state index in [1.54, 1.807) is 22.4 Å². The normalized spacial score (nSPS) is 15.6. The number of nitrogens with zero attached hydrogens (tertiary/aromatic N) is 4. The maximum absolute atomic E-state index is 14.7. The van der Waals surface area contributed by atoms with Crippen LogP contribution in [0.2, 0.25) is 0 Å². The number of hydrogen-bond donors (Lipinski definition) is 0. The second-order valence-corrected chi connectivity index (χ2v) is 13.1. The number of halogens is 3. The van der Waals surface area contributed by atoms with E-state index >= 15 is 0 Å². The van der Waals surface area contributed by atoms with E-state index in [4.69, 9.17) is 0 Å². The highest BCUT2D eigenvalue weighted by atomic mass is 32.1. The largest absolute Gasteiger partial charge is 0.416 e. The number of hydrogen-bond acceptors (Lipinski definition) is 5. The topological polar surface area (TPSA) is 56.8 Å². The molecule has 3 heterocycles. The Bertz CT molecular complexity index is 1880. The molecule has 5 aromatic rings. The third-order valence-electron chi connectivity index (χ3n) is 8.92. The maximum atomic E-state index is 14.7. The van der Waals surface area contributed by atoms with Crippen molar-refractivity contribution in [1.82, 2.24) is 14.8 Å². The molecule has 50 heavy (non-hydrogen) atoms. The third kappa shape index (κ3) is 8.49.